The monoisotopic (exact) mass is 673 g/mol. The number of nitrogens with one attached hydrogen (secondary N) is 2. The van der Waals surface area contributed by atoms with Gasteiger partial charge in [-0.1, -0.05) is 53.5 Å². The number of nitriles is 1. The molecule has 13 nitrogen and oxygen atoms in total. The number of esters is 2. The molecule has 1 aromatic heterocycles. The number of hydrazine groups is 1. The summed E-state index contributed by atoms with van der Waals surface area (Å²) in [6.45, 7) is 13.4. The van der Waals surface area contributed by atoms with Crippen LogP contribution >= 0.6 is 0 Å². The van der Waals surface area contributed by atoms with Crippen LogP contribution in [0.5, 0.6) is 5.88 Å². The van der Waals surface area contributed by atoms with Crippen molar-refractivity contribution in [2.45, 2.75) is 78.7 Å². The zero-order valence-electron chi connectivity index (χ0n) is 28.1. The van der Waals surface area contributed by atoms with Crippen molar-refractivity contribution >= 4 is 33.3 Å². The number of anilines is 2. The number of hydrogen-bond acceptors (Lipinski definition) is 11. The normalized spacial score (nSPS) is 12.0. The van der Waals surface area contributed by atoms with Crippen LogP contribution in [-0.2, 0) is 35.6 Å². The van der Waals surface area contributed by atoms with Crippen molar-refractivity contribution in [1.82, 2.24) is 8.87 Å². The lowest BCUT2D eigenvalue weighted by Crippen LogP contribution is -2.37. The van der Waals surface area contributed by atoms with E-state index in [0.29, 0.717) is 5.69 Å². The molecule has 1 unspecified atom stereocenters. The van der Waals surface area contributed by atoms with Gasteiger partial charge in [-0.2, -0.15) is 9.57 Å². The number of pyridine rings is 1. The first kappa shape index (κ1) is 38.8. The molecule has 0 amide bonds. The van der Waals surface area contributed by atoms with Gasteiger partial charge in [0.1, 0.15) is 30.5 Å². The van der Waals surface area contributed by atoms with Crippen molar-refractivity contribution in [3.63, 3.8) is 0 Å². The number of carbonyl (C=O) groups excluding carboxylic acids is 2. The maximum absolute atomic E-state index is 13.5. The van der Waals surface area contributed by atoms with Gasteiger partial charge in [0.05, 0.1) is 16.5 Å². The molecule has 0 bridgehead atoms. The Kier molecular flexibility index (Phi) is 15.0. The average molecular weight is 674 g/mol. The van der Waals surface area contributed by atoms with Crippen LogP contribution in [0.15, 0.2) is 46.1 Å². The molecule has 258 valence electrons. The standard InChI is InChI=1S/C33H47N5O8S/c1-8-10-11-25(9-2)21-38-30(39)28(20-34)24(7)29(31(38)40)36-35-26-12-14-27(15-13-26)47(43,44)37(16-18-45-32(41)22(3)4)17-19-46-33(42)23(5)6/h12-15,23,25,35-36,39H,3,8-11,16-19,21H2,1-2,4-7H3. The van der Waals surface area contributed by atoms with Crippen LogP contribution in [-0.4, -0.2) is 60.6 Å². The van der Waals surface area contributed by atoms with Gasteiger partial charge in [0, 0.05) is 30.8 Å². The van der Waals surface area contributed by atoms with Crippen LogP contribution in [0.25, 0.3) is 0 Å². The molecule has 0 aliphatic rings. The van der Waals surface area contributed by atoms with E-state index in [1.165, 1.54) is 35.8 Å². The SMILES string of the molecule is C=C(C)C(=O)OCCN(CCOC(=O)C(C)C)S(=O)(=O)c1ccc(NNc2c(C)c(C#N)c(O)n(CC(CC)CCCC)c2=O)cc1. The summed E-state index contributed by atoms with van der Waals surface area (Å²) in [5.41, 5.74) is 6.12. The van der Waals surface area contributed by atoms with E-state index in [4.69, 9.17) is 9.47 Å². The molecule has 0 radical (unpaired) electrons. The van der Waals surface area contributed by atoms with E-state index in [2.05, 4.69) is 24.4 Å². The molecule has 2 aromatic rings. The van der Waals surface area contributed by atoms with Crippen molar-refractivity contribution in [2.24, 2.45) is 11.8 Å². The van der Waals surface area contributed by atoms with E-state index in [9.17, 15) is 33.2 Å². The minimum absolute atomic E-state index is 0.0196. The quantitative estimate of drug-likeness (QED) is 0.107. The third kappa shape index (κ3) is 10.6. The van der Waals surface area contributed by atoms with Crippen LogP contribution in [0.1, 0.15) is 71.4 Å². The fraction of sp³-hybridized carbons (Fsp3) is 0.515. The first-order valence-corrected chi connectivity index (χ1v) is 17.1. The summed E-state index contributed by atoms with van der Waals surface area (Å²) in [5, 5.41) is 20.5. The van der Waals surface area contributed by atoms with E-state index < -0.39 is 27.5 Å². The van der Waals surface area contributed by atoms with Gasteiger partial charge in [0.15, 0.2) is 0 Å². The minimum Gasteiger partial charge on any atom is -0.493 e. The van der Waals surface area contributed by atoms with E-state index in [1.54, 1.807) is 20.8 Å². The van der Waals surface area contributed by atoms with Gasteiger partial charge in [0.25, 0.3) is 5.56 Å². The molecule has 47 heavy (non-hydrogen) atoms. The van der Waals surface area contributed by atoms with Crippen LogP contribution in [0.2, 0.25) is 0 Å². The molecule has 1 atom stereocenters. The number of ether oxygens (including phenoxy) is 2. The molecule has 3 N–H and O–H groups in total. The number of sulfonamides is 1. The number of aromatic hydroxyl groups is 1. The van der Waals surface area contributed by atoms with Crippen LogP contribution < -0.4 is 16.4 Å². The van der Waals surface area contributed by atoms with Gasteiger partial charge in [-0.05, 0) is 50.5 Å². The van der Waals surface area contributed by atoms with E-state index in [1.807, 2.05) is 13.0 Å². The number of rotatable bonds is 19. The van der Waals surface area contributed by atoms with E-state index in [0.717, 1.165) is 30.0 Å². The molecular formula is C33H47N5O8S. The molecule has 1 heterocycles. The predicted octanol–water partition coefficient (Wildman–Crippen LogP) is 4.70. The smallest absolute Gasteiger partial charge is 0.333 e. The molecule has 0 fully saturated rings. The molecular weight excluding hydrogens is 626 g/mol. The Hall–Kier alpha value is -4.35. The Balaban J connectivity index is 2.29. The molecule has 0 saturated heterocycles. The summed E-state index contributed by atoms with van der Waals surface area (Å²) in [4.78, 5) is 37.1. The summed E-state index contributed by atoms with van der Waals surface area (Å²) < 4.78 is 39.6. The molecule has 0 aliphatic carbocycles. The summed E-state index contributed by atoms with van der Waals surface area (Å²) in [7, 11) is -4.11. The number of nitrogens with zero attached hydrogens (tertiary/aromatic N) is 3. The average Bonchev–Trinajstić information content (AvgIpc) is 3.03. The van der Waals surface area contributed by atoms with E-state index >= 15 is 0 Å². The third-order valence-electron chi connectivity index (χ3n) is 7.59. The van der Waals surface area contributed by atoms with Crippen LogP contribution in [0.4, 0.5) is 11.4 Å². The second-order valence-corrected chi connectivity index (χ2v) is 13.5. The lowest BCUT2D eigenvalue weighted by molar-refractivity contribution is -0.147. The van der Waals surface area contributed by atoms with Crippen LogP contribution in [0, 0.1) is 30.1 Å². The van der Waals surface area contributed by atoms with Gasteiger partial charge >= 0.3 is 11.9 Å². The number of benzene rings is 1. The Morgan fingerprint density at radius 3 is 2.26 bits per heavy atom. The second kappa shape index (κ2) is 18.1. The summed E-state index contributed by atoms with van der Waals surface area (Å²) in [6, 6.07) is 7.66. The molecule has 0 saturated carbocycles. The van der Waals surface area contributed by atoms with Gasteiger partial charge in [0.2, 0.25) is 15.9 Å². The summed E-state index contributed by atoms with van der Waals surface area (Å²) in [5.74, 6) is -1.75. The Labute approximate surface area is 277 Å². The zero-order chi connectivity index (χ0) is 35.3. The van der Waals surface area contributed by atoms with Gasteiger partial charge in [-0.25, -0.2) is 13.2 Å². The lowest BCUT2D eigenvalue weighted by atomic mass is 9.99. The van der Waals surface area contributed by atoms with Gasteiger partial charge < -0.3 is 20.0 Å². The Bertz CT molecular complexity index is 1610. The van der Waals surface area contributed by atoms with Gasteiger partial charge in [-0.3, -0.25) is 19.6 Å². The highest BCUT2D eigenvalue weighted by molar-refractivity contribution is 7.89. The fourth-order valence-electron chi connectivity index (χ4n) is 4.57. The van der Waals surface area contributed by atoms with Crippen molar-refractivity contribution in [1.29, 1.82) is 5.26 Å². The van der Waals surface area contributed by atoms with E-state index in [-0.39, 0.29) is 77.8 Å². The van der Waals surface area contributed by atoms with Crippen molar-refractivity contribution in [2.75, 3.05) is 37.2 Å². The highest BCUT2D eigenvalue weighted by Gasteiger charge is 2.26. The number of carbonyl (C=O) groups is 2. The summed E-state index contributed by atoms with van der Waals surface area (Å²) >= 11 is 0. The van der Waals surface area contributed by atoms with Crippen molar-refractivity contribution < 1.29 is 32.6 Å². The number of hydrogen-bond donors (Lipinski definition) is 3. The maximum atomic E-state index is 13.5. The third-order valence-corrected chi connectivity index (χ3v) is 9.50. The molecule has 14 heteroatoms. The largest absolute Gasteiger partial charge is 0.493 e. The van der Waals surface area contributed by atoms with Crippen LogP contribution in [0.3, 0.4) is 0 Å². The minimum atomic E-state index is -4.11. The molecule has 2 rings (SSSR count). The highest BCUT2D eigenvalue weighted by Crippen LogP contribution is 2.26. The molecule has 0 spiro atoms. The lowest BCUT2D eigenvalue weighted by Gasteiger charge is -2.22. The number of unbranched alkanes of at least 4 members (excludes halogenated alkanes) is 1. The zero-order valence-corrected chi connectivity index (χ0v) is 28.9. The first-order chi connectivity index (χ1) is 22.2. The topological polar surface area (TPSA) is 180 Å². The number of aromatic nitrogens is 1. The summed E-state index contributed by atoms with van der Waals surface area (Å²) in [6.07, 6.45) is 3.67. The first-order valence-electron chi connectivity index (χ1n) is 15.7. The van der Waals surface area contributed by atoms with Crippen molar-refractivity contribution in [3.8, 4) is 11.9 Å². The molecule has 0 aliphatic heterocycles. The second-order valence-electron chi connectivity index (χ2n) is 11.6. The molecule has 1 aromatic carbocycles. The highest BCUT2D eigenvalue weighted by atomic mass is 32.2. The fourth-order valence-corrected chi connectivity index (χ4v) is 5.98. The Morgan fingerprint density at radius 1 is 1.11 bits per heavy atom. The Morgan fingerprint density at radius 2 is 1.72 bits per heavy atom. The predicted molar refractivity (Wildman–Crippen MR) is 179 cm³/mol. The maximum Gasteiger partial charge on any atom is 0.333 e. The van der Waals surface area contributed by atoms with Gasteiger partial charge in [-0.15, -0.1) is 0 Å². The van der Waals surface area contributed by atoms with Crippen molar-refractivity contribution in [3.05, 3.63) is 57.9 Å².